The quantitative estimate of drug-likeness (QED) is 0.398. The molecule has 0 saturated carbocycles. The summed E-state index contributed by atoms with van der Waals surface area (Å²) in [5.74, 6) is -0.451. The second-order valence-electron chi connectivity index (χ2n) is 2.69. The van der Waals surface area contributed by atoms with E-state index in [0.29, 0.717) is 6.42 Å². The summed E-state index contributed by atoms with van der Waals surface area (Å²) in [6.07, 6.45) is 0.457. The molecule has 1 N–H and O–H groups in total. The normalized spacial score (nSPS) is 11.3. The van der Waals surface area contributed by atoms with E-state index >= 15 is 0 Å². The summed E-state index contributed by atoms with van der Waals surface area (Å²) in [5.41, 5.74) is 0. The molecular weight excluding hydrogens is 168 g/mol. The minimum absolute atomic E-state index is 0.0238. The van der Waals surface area contributed by atoms with Crippen LogP contribution in [0.25, 0.3) is 0 Å². The van der Waals surface area contributed by atoms with E-state index in [1.165, 1.54) is 0 Å². The van der Waals surface area contributed by atoms with Crippen molar-refractivity contribution in [1.82, 2.24) is 0 Å². The molecule has 66 valence electrons. The lowest BCUT2D eigenvalue weighted by Gasteiger charge is -2.13. The summed E-state index contributed by atoms with van der Waals surface area (Å²) in [6, 6.07) is 0. The Morgan fingerprint density at radius 1 is 1.64 bits per heavy atom. The fraction of sp³-hybridized carbons (Fsp3) is 0.857. The Hall–Kier alpha value is -0.280. The van der Waals surface area contributed by atoms with Crippen molar-refractivity contribution in [1.29, 1.82) is 0 Å². The zero-order chi connectivity index (χ0) is 8.91. The molecule has 0 bridgehead atoms. The van der Waals surface area contributed by atoms with E-state index in [4.69, 9.17) is 21.4 Å². The number of hydrogen-bond donors (Lipinski definition) is 1. The molecule has 0 atom stereocenters. The fourth-order valence-corrected chi connectivity index (χ4v) is 0.456. The molecule has 11 heavy (non-hydrogen) atoms. The number of carbonyl (C=O) groups is 1. The molecule has 0 saturated heterocycles. The van der Waals surface area contributed by atoms with Crippen LogP contribution in [0.3, 0.4) is 0 Å². The maximum absolute atomic E-state index is 10.9. The molecular formula is C7H13ClO3. The van der Waals surface area contributed by atoms with Gasteiger partial charge in [-0.05, 0) is 13.8 Å². The van der Waals surface area contributed by atoms with Gasteiger partial charge < -0.3 is 9.84 Å². The third kappa shape index (κ3) is 5.04. The minimum Gasteiger partial charge on any atom is -0.464 e. The lowest BCUT2D eigenvalue weighted by atomic mass is 10.2. The van der Waals surface area contributed by atoms with Crippen molar-refractivity contribution < 1.29 is 14.6 Å². The number of carbonyl (C=O) groups excluding carboxylic acids is 1. The summed E-state index contributed by atoms with van der Waals surface area (Å²) in [5, 5.41) is 8.36. The molecule has 0 rings (SSSR count). The molecule has 3 nitrogen and oxygen atoms in total. The van der Waals surface area contributed by atoms with Crippen molar-refractivity contribution in [2.45, 2.75) is 25.1 Å². The maximum Gasteiger partial charge on any atom is 0.326 e. The van der Waals surface area contributed by atoms with Crippen LogP contribution in [0.15, 0.2) is 0 Å². The van der Waals surface area contributed by atoms with Crippen LogP contribution in [0.4, 0.5) is 0 Å². The highest BCUT2D eigenvalue weighted by Gasteiger charge is 2.25. The molecule has 0 aliphatic heterocycles. The Labute approximate surface area is 71.3 Å². The number of aliphatic hydroxyl groups is 1. The number of hydrogen-bond acceptors (Lipinski definition) is 3. The van der Waals surface area contributed by atoms with Crippen LogP contribution in [-0.4, -0.2) is 29.2 Å². The number of ether oxygens (including phenoxy) is 1. The lowest BCUT2D eigenvalue weighted by molar-refractivity contribution is -0.146. The van der Waals surface area contributed by atoms with E-state index in [1.54, 1.807) is 13.8 Å². The Kier molecular flexibility index (Phi) is 4.45. The van der Waals surface area contributed by atoms with Gasteiger partial charge in [-0.3, -0.25) is 4.79 Å². The predicted octanol–water partition coefficient (Wildman–Crippen LogP) is 0.929. The summed E-state index contributed by atoms with van der Waals surface area (Å²) < 4.78 is 4.72. The van der Waals surface area contributed by atoms with Gasteiger partial charge in [0, 0.05) is 13.0 Å². The fourth-order valence-electron chi connectivity index (χ4n) is 0.401. The Bertz CT molecular complexity index is 128. The second-order valence-corrected chi connectivity index (χ2v) is 3.63. The molecule has 4 heteroatoms. The van der Waals surface area contributed by atoms with Crippen LogP contribution >= 0.6 is 11.6 Å². The summed E-state index contributed by atoms with van der Waals surface area (Å²) in [4.78, 5) is 9.94. The lowest BCUT2D eigenvalue weighted by Crippen LogP contribution is -2.27. The zero-order valence-corrected chi connectivity index (χ0v) is 7.52. The van der Waals surface area contributed by atoms with E-state index in [9.17, 15) is 4.79 Å². The first-order valence-electron chi connectivity index (χ1n) is 3.45. The van der Waals surface area contributed by atoms with E-state index in [2.05, 4.69) is 0 Å². The highest BCUT2D eigenvalue weighted by Crippen LogP contribution is 2.14. The molecule has 0 spiro atoms. The van der Waals surface area contributed by atoms with E-state index in [-0.39, 0.29) is 13.2 Å². The smallest absolute Gasteiger partial charge is 0.326 e. The van der Waals surface area contributed by atoms with Gasteiger partial charge in [-0.15, -0.1) is 11.6 Å². The second kappa shape index (κ2) is 4.57. The predicted molar refractivity (Wildman–Crippen MR) is 42.6 cm³/mol. The van der Waals surface area contributed by atoms with Crippen molar-refractivity contribution in [3.05, 3.63) is 0 Å². The van der Waals surface area contributed by atoms with Crippen molar-refractivity contribution in [3.8, 4) is 0 Å². The van der Waals surface area contributed by atoms with Crippen molar-refractivity contribution >= 4 is 17.6 Å². The van der Waals surface area contributed by atoms with E-state index < -0.39 is 10.8 Å². The minimum atomic E-state index is -0.963. The van der Waals surface area contributed by atoms with Crippen molar-refractivity contribution in [3.63, 3.8) is 0 Å². The average Bonchev–Trinajstić information content (AvgIpc) is 1.86. The van der Waals surface area contributed by atoms with E-state index in [0.717, 1.165) is 0 Å². The molecule has 0 aromatic carbocycles. The molecule has 0 unspecified atom stereocenters. The Balaban J connectivity index is 3.54. The van der Waals surface area contributed by atoms with E-state index in [1.807, 2.05) is 0 Å². The monoisotopic (exact) mass is 180 g/mol. The van der Waals surface area contributed by atoms with Crippen LogP contribution < -0.4 is 0 Å². The van der Waals surface area contributed by atoms with Gasteiger partial charge in [-0.2, -0.15) is 0 Å². The van der Waals surface area contributed by atoms with Gasteiger partial charge in [-0.25, -0.2) is 0 Å². The summed E-state index contributed by atoms with van der Waals surface area (Å²) >= 11 is 5.63. The Morgan fingerprint density at radius 3 is 2.55 bits per heavy atom. The van der Waals surface area contributed by atoms with Gasteiger partial charge in [0.05, 0.1) is 6.61 Å². The van der Waals surface area contributed by atoms with Crippen LogP contribution in [0.5, 0.6) is 0 Å². The summed E-state index contributed by atoms with van der Waals surface area (Å²) in [7, 11) is 0. The third-order valence-electron chi connectivity index (χ3n) is 1.02. The first-order valence-corrected chi connectivity index (χ1v) is 3.83. The zero-order valence-electron chi connectivity index (χ0n) is 6.76. The number of alkyl halides is 1. The van der Waals surface area contributed by atoms with Crippen LogP contribution in [-0.2, 0) is 9.53 Å². The highest BCUT2D eigenvalue weighted by atomic mass is 35.5. The molecule has 0 fully saturated rings. The molecule has 0 aliphatic carbocycles. The maximum atomic E-state index is 10.9. The van der Waals surface area contributed by atoms with Gasteiger partial charge >= 0.3 is 5.97 Å². The number of esters is 1. The van der Waals surface area contributed by atoms with Gasteiger partial charge in [0.2, 0.25) is 0 Å². The first-order chi connectivity index (χ1) is 4.98. The topological polar surface area (TPSA) is 46.5 Å². The summed E-state index contributed by atoms with van der Waals surface area (Å²) in [6.45, 7) is 3.38. The van der Waals surface area contributed by atoms with Gasteiger partial charge in [-0.1, -0.05) is 0 Å². The highest BCUT2D eigenvalue weighted by molar-refractivity contribution is 6.33. The molecule has 0 aromatic rings. The average molecular weight is 181 g/mol. The van der Waals surface area contributed by atoms with Crippen LogP contribution in [0, 0.1) is 0 Å². The van der Waals surface area contributed by atoms with Crippen molar-refractivity contribution in [2.75, 3.05) is 13.2 Å². The Morgan fingerprint density at radius 2 is 2.18 bits per heavy atom. The van der Waals surface area contributed by atoms with Crippen molar-refractivity contribution in [2.24, 2.45) is 0 Å². The molecule has 0 heterocycles. The number of aliphatic hydroxyl groups excluding tert-OH is 1. The molecule has 0 aliphatic rings. The number of rotatable bonds is 4. The molecule has 0 amide bonds. The third-order valence-corrected chi connectivity index (χ3v) is 1.18. The standard InChI is InChI=1S/C7H13ClO3/c1-7(2,8)6(10)11-5-3-4-9/h9H,3-5H2,1-2H3. The SMILES string of the molecule is CC(C)(Cl)C(=O)OCCCO. The van der Waals surface area contributed by atoms with Gasteiger partial charge in [0.25, 0.3) is 0 Å². The first kappa shape index (κ1) is 10.7. The van der Waals surface area contributed by atoms with Gasteiger partial charge in [0.15, 0.2) is 0 Å². The van der Waals surface area contributed by atoms with Crippen LogP contribution in [0.1, 0.15) is 20.3 Å². The van der Waals surface area contributed by atoms with Gasteiger partial charge in [0.1, 0.15) is 4.87 Å². The largest absolute Gasteiger partial charge is 0.464 e. The molecule has 0 aromatic heterocycles. The van der Waals surface area contributed by atoms with Crippen LogP contribution in [0.2, 0.25) is 0 Å². The molecule has 0 radical (unpaired) electrons. The number of halogens is 1.